The molecule has 1 aliphatic heterocycles. The fourth-order valence-corrected chi connectivity index (χ4v) is 3.81. The molecule has 0 aromatic carbocycles. The largest absolute Gasteiger partial charge is 0.444 e. The number of nitrogens with one attached hydrogen (secondary N) is 3. The van der Waals surface area contributed by atoms with E-state index >= 15 is 0 Å². The summed E-state index contributed by atoms with van der Waals surface area (Å²) in [6.45, 7) is 8.25. The van der Waals surface area contributed by atoms with E-state index in [0.717, 1.165) is 19.3 Å². The number of aliphatic hydroxyl groups excluding tert-OH is 1. The minimum absolute atomic E-state index is 0.0193. The van der Waals surface area contributed by atoms with E-state index in [0.29, 0.717) is 6.42 Å². The van der Waals surface area contributed by atoms with Crippen LogP contribution in [0.3, 0.4) is 0 Å². The van der Waals surface area contributed by atoms with Gasteiger partial charge in [-0.15, -0.1) is 0 Å². The Bertz CT molecular complexity index is 791. The van der Waals surface area contributed by atoms with Crippen molar-refractivity contribution in [1.29, 1.82) is 0 Å². The molecule has 4 atom stereocenters. The predicted molar refractivity (Wildman–Crippen MR) is 123 cm³/mol. The molecule has 1 heterocycles. The van der Waals surface area contributed by atoms with Crippen LogP contribution in [0, 0.1) is 5.92 Å². The van der Waals surface area contributed by atoms with E-state index < -0.39 is 59.9 Å². The number of aliphatic hydroxyl groups is 1. The number of Topliss-reactive ketones (excluding diaryl/α,β-unsaturated/α-hetero) is 1. The van der Waals surface area contributed by atoms with Gasteiger partial charge >= 0.3 is 6.09 Å². The predicted octanol–water partition coefficient (Wildman–Crippen LogP) is 0.242. The van der Waals surface area contributed by atoms with Gasteiger partial charge in [0.05, 0.1) is 12.6 Å². The van der Waals surface area contributed by atoms with E-state index in [-0.39, 0.29) is 24.9 Å². The molecule has 2 rings (SSSR count). The lowest BCUT2D eigenvalue weighted by Crippen LogP contribution is -2.57. The zero-order chi connectivity index (χ0) is 25.6. The minimum atomic E-state index is -1.28. The molecule has 1 unspecified atom stereocenters. The maximum atomic E-state index is 13.2. The molecule has 1 saturated carbocycles. The first-order valence-corrected chi connectivity index (χ1v) is 12.0. The van der Waals surface area contributed by atoms with Crippen molar-refractivity contribution in [3.8, 4) is 0 Å². The van der Waals surface area contributed by atoms with Gasteiger partial charge in [0.15, 0.2) is 0 Å². The number of nitrogens with zero attached hydrogens (tertiary/aromatic N) is 1. The van der Waals surface area contributed by atoms with Crippen molar-refractivity contribution in [2.24, 2.45) is 5.92 Å². The first-order valence-electron chi connectivity index (χ1n) is 12.0. The summed E-state index contributed by atoms with van der Waals surface area (Å²) in [7, 11) is 0. The quantitative estimate of drug-likeness (QED) is 0.325. The molecule has 0 aromatic rings. The number of hydrogen-bond donors (Lipinski definition) is 4. The van der Waals surface area contributed by atoms with Gasteiger partial charge < -0.3 is 30.7 Å². The summed E-state index contributed by atoms with van der Waals surface area (Å²) >= 11 is 0. The molecule has 4 amide bonds. The normalized spacial score (nSPS) is 21.9. The molecule has 0 radical (unpaired) electrons. The van der Waals surface area contributed by atoms with Gasteiger partial charge in [0.25, 0.3) is 5.91 Å². The van der Waals surface area contributed by atoms with Crippen LogP contribution in [-0.2, 0) is 23.9 Å². The van der Waals surface area contributed by atoms with Crippen LogP contribution in [-0.4, -0.2) is 82.5 Å². The smallest absolute Gasteiger partial charge is 0.408 e. The van der Waals surface area contributed by atoms with Crippen LogP contribution >= 0.6 is 0 Å². The van der Waals surface area contributed by atoms with E-state index in [2.05, 4.69) is 16.0 Å². The van der Waals surface area contributed by atoms with Crippen molar-refractivity contribution in [2.45, 2.75) is 96.5 Å². The molecule has 0 spiro atoms. The van der Waals surface area contributed by atoms with Crippen LogP contribution in [0.1, 0.15) is 66.7 Å². The topological polar surface area (TPSA) is 154 Å². The van der Waals surface area contributed by atoms with Gasteiger partial charge in [-0.1, -0.05) is 20.3 Å². The van der Waals surface area contributed by atoms with E-state index in [9.17, 15) is 29.1 Å². The molecule has 2 fully saturated rings. The van der Waals surface area contributed by atoms with Gasteiger partial charge in [0, 0.05) is 12.6 Å². The highest BCUT2D eigenvalue weighted by molar-refractivity contribution is 6.38. The summed E-state index contributed by atoms with van der Waals surface area (Å²) in [4.78, 5) is 64.4. The molecule has 0 bridgehead atoms. The van der Waals surface area contributed by atoms with Crippen molar-refractivity contribution in [3.05, 3.63) is 0 Å². The third kappa shape index (κ3) is 7.68. The molecule has 1 aliphatic carbocycles. The highest BCUT2D eigenvalue weighted by Gasteiger charge is 2.42. The van der Waals surface area contributed by atoms with E-state index in [4.69, 9.17) is 4.74 Å². The molecule has 4 N–H and O–H groups in total. The Morgan fingerprint density at radius 2 is 1.71 bits per heavy atom. The van der Waals surface area contributed by atoms with Crippen molar-refractivity contribution in [3.63, 3.8) is 0 Å². The Morgan fingerprint density at radius 1 is 1.06 bits per heavy atom. The Kier molecular flexibility index (Phi) is 9.43. The van der Waals surface area contributed by atoms with Gasteiger partial charge in [-0.2, -0.15) is 0 Å². The zero-order valence-corrected chi connectivity index (χ0v) is 20.7. The maximum Gasteiger partial charge on any atom is 0.408 e. The second-order valence-electron chi connectivity index (χ2n) is 9.98. The summed E-state index contributed by atoms with van der Waals surface area (Å²) in [5.41, 5.74) is -0.788. The van der Waals surface area contributed by atoms with Crippen LogP contribution in [0.5, 0.6) is 0 Å². The minimum Gasteiger partial charge on any atom is -0.444 e. The Hall–Kier alpha value is -2.69. The van der Waals surface area contributed by atoms with Gasteiger partial charge in [0.1, 0.15) is 17.7 Å². The fraction of sp³-hybridized carbons (Fsp3) is 0.783. The lowest BCUT2D eigenvalue weighted by Gasteiger charge is -2.29. The first kappa shape index (κ1) is 27.6. The fourth-order valence-electron chi connectivity index (χ4n) is 3.81. The maximum absolute atomic E-state index is 13.2. The Morgan fingerprint density at radius 3 is 2.21 bits per heavy atom. The SMILES string of the molecule is CCC1C[C@@H](C(=O)N[C@@H](CC)C(=O)C(=O)NC2CC2)N(C(=O)[C@H](CO)NC(=O)OC(C)(C)C)C1. The van der Waals surface area contributed by atoms with E-state index in [1.165, 1.54) is 4.90 Å². The van der Waals surface area contributed by atoms with Crippen molar-refractivity contribution in [2.75, 3.05) is 13.2 Å². The zero-order valence-electron chi connectivity index (χ0n) is 20.7. The van der Waals surface area contributed by atoms with Gasteiger partial charge in [-0.05, 0) is 52.4 Å². The van der Waals surface area contributed by atoms with Crippen LogP contribution < -0.4 is 16.0 Å². The summed E-state index contributed by atoms with van der Waals surface area (Å²) < 4.78 is 5.16. The number of carbonyl (C=O) groups is 5. The van der Waals surface area contributed by atoms with Crippen molar-refractivity contribution < 1.29 is 33.8 Å². The third-order valence-corrected chi connectivity index (χ3v) is 5.90. The van der Waals surface area contributed by atoms with E-state index in [1.54, 1.807) is 27.7 Å². The lowest BCUT2D eigenvalue weighted by molar-refractivity contribution is -0.143. The lowest BCUT2D eigenvalue weighted by atomic mass is 10.0. The molecule has 192 valence electrons. The Labute approximate surface area is 200 Å². The highest BCUT2D eigenvalue weighted by Crippen LogP contribution is 2.27. The number of ketones is 1. The highest BCUT2D eigenvalue weighted by atomic mass is 16.6. The van der Waals surface area contributed by atoms with Crippen molar-refractivity contribution >= 4 is 29.6 Å². The summed E-state index contributed by atoms with van der Waals surface area (Å²) in [5, 5.41) is 17.3. The van der Waals surface area contributed by atoms with E-state index in [1.807, 2.05) is 6.92 Å². The molecule has 34 heavy (non-hydrogen) atoms. The standard InChI is InChI=1S/C23H38N4O7/c1-6-13-10-17(19(30)25-15(7-2)18(29)20(31)24-14-8-9-14)27(11-13)21(32)16(12-28)26-22(33)34-23(3,4)5/h13-17,28H,6-12H2,1-5H3,(H,24,31)(H,25,30)(H,26,33)/t13?,15-,16-,17-/m0/s1. The van der Waals surface area contributed by atoms with Gasteiger partial charge in [-0.25, -0.2) is 4.79 Å². The monoisotopic (exact) mass is 482 g/mol. The molecule has 11 nitrogen and oxygen atoms in total. The van der Waals surface area contributed by atoms with Crippen molar-refractivity contribution in [1.82, 2.24) is 20.9 Å². The molecule has 2 aliphatic rings. The number of hydrogen-bond acceptors (Lipinski definition) is 7. The molecular weight excluding hydrogens is 444 g/mol. The van der Waals surface area contributed by atoms with Gasteiger partial charge in [0.2, 0.25) is 17.6 Å². The number of alkyl carbamates (subject to hydrolysis) is 1. The van der Waals surface area contributed by atoms with Crippen LogP contribution in [0.15, 0.2) is 0 Å². The summed E-state index contributed by atoms with van der Waals surface area (Å²) in [5.74, 6) is -2.56. The number of ether oxygens (including phenoxy) is 1. The number of carbonyl (C=O) groups excluding carboxylic acids is 5. The van der Waals surface area contributed by atoms with Crippen LogP contribution in [0.25, 0.3) is 0 Å². The molecule has 1 saturated heterocycles. The summed E-state index contributed by atoms with van der Waals surface area (Å²) in [6.07, 6.45) is 2.13. The first-order chi connectivity index (χ1) is 15.9. The third-order valence-electron chi connectivity index (χ3n) is 5.90. The molecule has 0 aromatic heterocycles. The molecular formula is C23H38N4O7. The number of amides is 4. The van der Waals surface area contributed by atoms with Crippen LogP contribution in [0.2, 0.25) is 0 Å². The number of rotatable bonds is 10. The average molecular weight is 483 g/mol. The molecule has 11 heteroatoms. The van der Waals surface area contributed by atoms with Gasteiger partial charge in [-0.3, -0.25) is 19.2 Å². The second-order valence-corrected chi connectivity index (χ2v) is 9.98. The Balaban J connectivity index is 2.09. The number of likely N-dealkylation sites (tertiary alicyclic amines) is 1. The second kappa shape index (κ2) is 11.6. The summed E-state index contributed by atoms with van der Waals surface area (Å²) in [6, 6.07) is -3.16. The van der Waals surface area contributed by atoms with Crippen LogP contribution in [0.4, 0.5) is 4.79 Å². The average Bonchev–Trinajstić information content (AvgIpc) is 3.47.